The predicted octanol–water partition coefficient (Wildman–Crippen LogP) is 2.27. The van der Waals surface area contributed by atoms with Crippen molar-refractivity contribution in [2.45, 2.75) is 13.8 Å². The maximum Gasteiger partial charge on any atom is 0.321 e. The number of halogens is 1. The number of hydrogen-bond donors (Lipinski definition) is 2. The Kier molecular flexibility index (Phi) is 5.58. The zero-order valence-corrected chi connectivity index (χ0v) is 10.8. The van der Waals surface area contributed by atoms with Crippen LogP contribution in [0.4, 0.5) is 14.9 Å². The lowest BCUT2D eigenvalue weighted by Gasteiger charge is -2.24. The summed E-state index contributed by atoms with van der Waals surface area (Å²) in [6.07, 6.45) is 0. The molecule has 5 heteroatoms. The molecule has 0 fully saturated rings. The molecule has 0 spiro atoms. The highest BCUT2D eigenvalue weighted by atomic mass is 19.1. The van der Waals surface area contributed by atoms with Crippen molar-refractivity contribution in [2.24, 2.45) is 11.7 Å². The predicted molar refractivity (Wildman–Crippen MR) is 70.9 cm³/mol. The van der Waals surface area contributed by atoms with Crippen molar-refractivity contribution in [1.29, 1.82) is 0 Å². The number of nitrogens with two attached hydrogens (primary N) is 1. The van der Waals surface area contributed by atoms with E-state index in [9.17, 15) is 9.18 Å². The first-order valence-corrected chi connectivity index (χ1v) is 6.08. The second kappa shape index (κ2) is 6.96. The summed E-state index contributed by atoms with van der Waals surface area (Å²) in [6, 6.07) is 5.61. The van der Waals surface area contributed by atoms with E-state index in [-0.39, 0.29) is 17.8 Å². The summed E-state index contributed by atoms with van der Waals surface area (Å²) in [5.41, 5.74) is 6.00. The first-order valence-electron chi connectivity index (χ1n) is 6.08. The third-order valence-electron chi connectivity index (χ3n) is 2.68. The zero-order valence-electron chi connectivity index (χ0n) is 10.8. The van der Waals surface area contributed by atoms with Gasteiger partial charge in [-0.3, -0.25) is 0 Å². The summed E-state index contributed by atoms with van der Waals surface area (Å²) in [7, 11) is 0. The van der Waals surface area contributed by atoms with Crippen LogP contribution >= 0.6 is 0 Å². The van der Waals surface area contributed by atoms with E-state index in [1.807, 2.05) is 13.8 Å². The molecule has 1 unspecified atom stereocenters. The Morgan fingerprint density at radius 3 is 2.83 bits per heavy atom. The van der Waals surface area contributed by atoms with Gasteiger partial charge in [0.25, 0.3) is 0 Å². The molecule has 1 atom stereocenters. The molecule has 100 valence electrons. The van der Waals surface area contributed by atoms with Gasteiger partial charge in [0.2, 0.25) is 0 Å². The number of benzene rings is 1. The normalized spacial score (nSPS) is 12.0. The van der Waals surface area contributed by atoms with Gasteiger partial charge >= 0.3 is 6.03 Å². The van der Waals surface area contributed by atoms with Crippen LogP contribution in [0.3, 0.4) is 0 Å². The highest BCUT2D eigenvalue weighted by Crippen LogP contribution is 2.10. The van der Waals surface area contributed by atoms with E-state index in [1.165, 1.54) is 12.1 Å². The molecule has 0 saturated carbocycles. The van der Waals surface area contributed by atoms with Crippen LogP contribution in [0, 0.1) is 11.7 Å². The van der Waals surface area contributed by atoms with Crippen LogP contribution in [0.2, 0.25) is 0 Å². The molecular formula is C13H20FN3O. The molecule has 18 heavy (non-hydrogen) atoms. The summed E-state index contributed by atoms with van der Waals surface area (Å²) >= 11 is 0. The second-order valence-corrected chi connectivity index (χ2v) is 4.32. The number of nitrogens with one attached hydrogen (secondary N) is 1. The van der Waals surface area contributed by atoms with Gasteiger partial charge in [0.05, 0.1) is 0 Å². The molecule has 3 N–H and O–H groups in total. The van der Waals surface area contributed by atoms with E-state index in [2.05, 4.69) is 5.32 Å². The van der Waals surface area contributed by atoms with Gasteiger partial charge in [-0.2, -0.15) is 0 Å². The Morgan fingerprint density at radius 1 is 1.56 bits per heavy atom. The fourth-order valence-corrected chi connectivity index (χ4v) is 1.58. The van der Waals surface area contributed by atoms with E-state index in [0.29, 0.717) is 25.3 Å². The van der Waals surface area contributed by atoms with Gasteiger partial charge < -0.3 is 16.0 Å². The molecule has 0 bridgehead atoms. The van der Waals surface area contributed by atoms with Crippen molar-refractivity contribution in [2.75, 3.05) is 25.0 Å². The largest absolute Gasteiger partial charge is 0.330 e. The molecule has 2 amide bonds. The maximum absolute atomic E-state index is 13.0. The lowest BCUT2D eigenvalue weighted by Crippen LogP contribution is -2.39. The van der Waals surface area contributed by atoms with Gasteiger partial charge in [0.1, 0.15) is 5.82 Å². The van der Waals surface area contributed by atoms with Gasteiger partial charge in [-0.25, -0.2) is 9.18 Å². The molecule has 0 aliphatic carbocycles. The van der Waals surface area contributed by atoms with Crippen molar-refractivity contribution >= 4 is 11.7 Å². The molecular weight excluding hydrogens is 233 g/mol. The molecule has 1 rings (SSSR count). The van der Waals surface area contributed by atoms with Crippen LogP contribution in [-0.2, 0) is 0 Å². The molecule has 4 nitrogen and oxygen atoms in total. The fraction of sp³-hybridized carbons (Fsp3) is 0.462. The van der Waals surface area contributed by atoms with Gasteiger partial charge in [0, 0.05) is 18.8 Å². The smallest absolute Gasteiger partial charge is 0.321 e. The zero-order chi connectivity index (χ0) is 13.5. The second-order valence-electron chi connectivity index (χ2n) is 4.32. The number of carbonyl (C=O) groups is 1. The van der Waals surface area contributed by atoms with Crippen LogP contribution < -0.4 is 11.1 Å². The molecule has 0 aliphatic rings. The summed E-state index contributed by atoms with van der Waals surface area (Å²) in [6.45, 7) is 5.59. The van der Waals surface area contributed by atoms with Gasteiger partial charge in [0.15, 0.2) is 0 Å². The van der Waals surface area contributed by atoms with E-state index in [4.69, 9.17) is 5.73 Å². The van der Waals surface area contributed by atoms with Gasteiger partial charge in [-0.05, 0) is 37.6 Å². The van der Waals surface area contributed by atoms with Crippen LogP contribution in [0.15, 0.2) is 24.3 Å². The van der Waals surface area contributed by atoms with Crippen LogP contribution in [0.1, 0.15) is 13.8 Å². The average molecular weight is 253 g/mol. The SMILES string of the molecule is CCN(CC(C)CN)C(=O)Nc1cccc(F)c1. The standard InChI is InChI=1S/C13H20FN3O/c1-3-17(9-10(2)8-15)13(18)16-12-6-4-5-11(14)7-12/h4-7,10H,3,8-9,15H2,1-2H3,(H,16,18). The first kappa shape index (κ1) is 14.4. The van der Waals surface area contributed by atoms with E-state index >= 15 is 0 Å². The molecule has 0 saturated heterocycles. The lowest BCUT2D eigenvalue weighted by molar-refractivity contribution is 0.206. The molecule has 1 aromatic carbocycles. The Hall–Kier alpha value is -1.62. The minimum absolute atomic E-state index is 0.233. The van der Waals surface area contributed by atoms with E-state index in [1.54, 1.807) is 17.0 Å². The Labute approximate surface area is 107 Å². The van der Waals surface area contributed by atoms with Crippen LogP contribution in [0.5, 0.6) is 0 Å². The molecule has 0 aromatic heterocycles. The summed E-state index contributed by atoms with van der Waals surface area (Å²) < 4.78 is 13.0. The van der Waals surface area contributed by atoms with E-state index < -0.39 is 0 Å². The molecule has 0 heterocycles. The van der Waals surface area contributed by atoms with Crippen LogP contribution in [-0.4, -0.2) is 30.6 Å². The Bertz CT molecular complexity index is 398. The third-order valence-corrected chi connectivity index (χ3v) is 2.68. The lowest BCUT2D eigenvalue weighted by atomic mass is 10.2. The number of carbonyl (C=O) groups excluding carboxylic acids is 1. The van der Waals surface area contributed by atoms with Crippen molar-refractivity contribution < 1.29 is 9.18 Å². The van der Waals surface area contributed by atoms with Crippen LogP contribution in [0.25, 0.3) is 0 Å². The summed E-state index contributed by atoms with van der Waals surface area (Å²) in [5, 5.41) is 2.67. The fourth-order valence-electron chi connectivity index (χ4n) is 1.58. The third kappa shape index (κ3) is 4.33. The number of amides is 2. The van der Waals surface area contributed by atoms with Crippen molar-refractivity contribution in [3.8, 4) is 0 Å². The summed E-state index contributed by atoms with van der Waals surface area (Å²) in [4.78, 5) is 13.6. The Morgan fingerprint density at radius 2 is 2.28 bits per heavy atom. The number of rotatable bonds is 5. The quantitative estimate of drug-likeness (QED) is 0.845. The highest BCUT2D eigenvalue weighted by molar-refractivity contribution is 5.89. The van der Waals surface area contributed by atoms with Crippen molar-refractivity contribution in [3.63, 3.8) is 0 Å². The van der Waals surface area contributed by atoms with Gasteiger partial charge in [-0.15, -0.1) is 0 Å². The molecule has 0 radical (unpaired) electrons. The highest BCUT2D eigenvalue weighted by Gasteiger charge is 2.14. The summed E-state index contributed by atoms with van der Waals surface area (Å²) in [5.74, 6) is -0.130. The van der Waals surface area contributed by atoms with Gasteiger partial charge in [-0.1, -0.05) is 13.0 Å². The van der Waals surface area contributed by atoms with E-state index in [0.717, 1.165) is 0 Å². The number of hydrogen-bond acceptors (Lipinski definition) is 2. The minimum atomic E-state index is -0.369. The molecule has 1 aromatic rings. The Balaban J connectivity index is 2.62. The topological polar surface area (TPSA) is 58.4 Å². The van der Waals surface area contributed by atoms with Crippen molar-refractivity contribution in [3.05, 3.63) is 30.1 Å². The monoisotopic (exact) mass is 253 g/mol. The average Bonchev–Trinajstić information content (AvgIpc) is 2.35. The maximum atomic E-state index is 13.0. The number of anilines is 1. The number of urea groups is 1. The minimum Gasteiger partial charge on any atom is -0.330 e. The first-order chi connectivity index (χ1) is 8.56. The molecule has 0 aliphatic heterocycles. The van der Waals surface area contributed by atoms with Crippen molar-refractivity contribution in [1.82, 2.24) is 4.90 Å². The number of nitrogens with zero attached hydrogens (tertiary/aromatic N) is 1.